The number of anilines is 1. The summed E-state index contributed by atoms with van der Waals surface area (Å²) in [6.07, 6.45) is 0. The average molecular weight is 259 g/mol. The molecule has 96 valence electrons. The molecule has 0 radical (unpaired) electrons. The minimum Gasteiger partial charge on any atom is -0.399 e. The highest BCUT2D eigenvalue weighted by Crippen LogP contribution is 2.20. The molecule has 0 saturated heterocycles. The minimum atomic E-state index is 0.121. The van der Waals surface area contributed by atoms with E-state index in [-0.39, 0.29) is 6.61 Å². The summed E-state index contributed by atoms with van der Waals surface area (Å²) in [5.41, 5.74) is 7.30. The predicted octanol–water partition coefficient (Wildman–Crippen LogP) is 1.36. The fourth-order valence-corrected chi connectivity index (χ4v) is 1.81. The zero-order valence-corrected chi connectivity index (χ0v) is 10.8. The van der Waals surface area contributed by atoms with Crippen molar-refractivity contribution in [1.29, 1.82) is 0 Å². The van der Waals surface area contributed by atoms with Crippen LogP contribution in [-0.2, 0) is 11.3 Å². The molecule has 5 heteroatoms. The van der Waals surface area contributed by atoms with Gasteiger partial charge in [0.15, 0.2) is 0 Å². The van der Waals surface area contributed by atoms with Gasteiger partial charge < -0.3 is 15.6 Å². The molecule has 1 aromatic rings. The summed E-state index contributed by atoms with van der Waals surface area (Å²) in [6, 6.07) is 5.48. The van der Waals surface area contributed by atoms with Crippen molar-refractivity contribution in [1.82, 2.24) is 4.90 Å². The smallest absolute Gasteiger partial charge is 0.0589 e. The Bertz CT molecular complexity index is 347. The number of aliphatic hydroxyl groups excluding tert-OH is 1. The number of hydrogen-bond donors (Lipinski definition) is 2. The van der Waals surface area contributed by atoms with Crippen LogP contribution in [0.5, 0.6) is 0 Å². The van der Waals surface area contributed by atoms with Gasteiger partial charge in [0.2, 0.25) is 0 Å². The zero-order chi connectivity index (χ0) is 12.7. The second kappa shape index (κ2) is 7.50. The van der Waals surface area contributed by atoms with Crippen molar-refractivity contribution in [2.75, 3.05) is 39.1 Å². The van der Waals surface area contributed by atoms with Crippen LogP contribution in [0.4, 0.5) is 5.69 Å². The van der Waals surface area contributed by atoms with Crippen LogP contribution >= 0.6 is 11.6 Å². The number of nitrogens with two attached hydrogens (primary N) is 1. The SMILES string of the molecule is COCCN(CCO)Cc1ccc(N)cc1Cl. The average Bonchev–Trinajstić information content (AvgIpc) is 2.29. The first-order chi connectivity index (χ1) is 8.17. The van der Waals surface area contributed by atoms with Gasteiger partial charge in [0.05, 0.1) is 13.2 Å². The van der Waals surface area contributed by atoms with E-state index in [4.69, 9.17) is 27.2 Å². The summed E-state index contributed by atoms with van der Waals surface area (Å²) in [7, 11) is 1.66. The van der Waals surface area contributed by atoms with E-state index in [0.717, 1.165) is 12.1 Å². The molecule has 0 heterocycles. The van der Waals surface area contributed by atoms with Gasteiger partial charge in [-0.3, -0.25) is 4.90 Å². The van der Waals surface area contributed by atoms with Crippen LogP contribution in [0.15, 0.2) is 18.2 Å². The van der Waals surface area contributed by atoms with E-state index >= 15 is 0 Å². The molecule has 1 rings (SSSR count). The van der Waals surface area contributed by atoms with E-state index in [1.807, 2.05) is 12.1 Å². The van der Waals surface area contributed by atoms with Crippen molar-refractivity contribution in [3.8, 4) is 0 Å². The number of benzene rings is 1. The third-order valence-corrected chi connectivity index (χ3v) is 2.85. The quantitative estimate of drug-likeness (QED) is 0.725. The molecule has 0 fully saturated rings. The Morgan fingerprint density at radius 2 is 2.18 bits per heavy atom. The molecule has 0 saturated carbocycles. The minimum absolute atomic E-state index is 0.121. The molecular weight excluding hydrogens is 240 g/mol. The third kappa shape index (κ3) is 4.91. The van der Waals surface area contributed by atoms with Crippen molar-refractivity contribution < 1.29 is 9.84 Å². The van der Waals surface area contributed by atoms with E-state index in [9.17, 15) is 0 Å². The number of halogens is 1. The lowest BCUT2D eigenvalue weighted by Gasteiger charge is -2.21. The molecule has 1 aromatic carbocycles. The second-order valence-corrected chi connectivity index (χ2v) is 4.25. The molecule has 0 unspecified atom stereocenters. The summed E-state index contributed by atoms with van der Waals surface area (Å²) in [5.74, 6) is 0. The topological polar surface area (TPSA) is 58.7 Å². The maximum absolute atomic E-state index is 8.99. The third-order valence-electron chi connectivity index (χ3n) is 2.50. The van der Waals surface area contributed by atoms with Crippen LogP contribution < -0.4 is 5.73 Å². The molecule has 4 nitrogen and oxygen atoms in total. The van der Waals surface area contributed by atoms with E-state index in [1.54, 1.807) is 13.2 Å². The Labute approximate surface area is 107 Å². The number of nitrogen functional groups attached to an aromatic ring is 1. The summed E-state index contributed by atoms with van der Waals surface area (Å²) in [4.78, 5) is 2.08. The Morgan fingerprint density at radius 1 is 1.41 bits per heavy atom. The fraction of sp³-hybridized carbons (Fsp3) is 0.500. The number of methoxy groups -OCH3 is 1. The summed E-state index contributed by atoms with van der Waals surface area (Å²) >= 11 is 6.11. The number of ether oxygens (including phenoxy) is 1. The van der Waals surface area contributed by atoms with E-state index < -0.39 is 0 Å². The highest BCUT2D eigenvalue weighted by atomic mass is 35.5. The van der Waals surface area contributed by atoms with Gasteiger partial charge >= 0.3 is 0 Å². The van der Waals surface area contributed by atoms with Crippen molar-refractivity contribution in [3.05, 3.63) is 28.8 Å². The molecule has 0 amide bonds. The number of nitrogens with zero attached hydrogens (tertiary/aromatic N) is 1. The highest BCUT2D eigenvalue weighted by molar-refractivity contribution is 6.31. The van der Waals surface area contributed by atoms with E-state index in [1.165, 1.54) is 0 Å². The first-order valence-electron chi connectivity index (χ1n) is 5.53. The standard InChI is InChI=1S/C12H19ClN2O2/c1-17-7-5-15(4-6-16)9-10-2-3-11(14)8-12(10)13/h2-3,8,16H,4-7,9,14H2,1H3. The van der Waals surface area contributed by atoms with E-state index in [0.29, 0.717) is 30.4 Å². The van der Waals surface area contributed by atoms with Gasteiger partial charge in [-0.05, 0) is 17.7 Å². The molecule has 3 N–H and O–H groups in total. The van der Waals surface area contributed by atoms with Crippen molar-refractivity contribution in [2.45, 2.75) is 6.54 Å². The van der Waals surface area contributed by atoms with E-state index in [2.05, 4.69) is 4.90 Å². The van der Waals surface area contributed by atoms with Gasteiger partial charge in [0, 0.05) is 37.5 Å². The Morgan fingerprint density at radius 3 is 2.76 bits per heavy atom. The van der Waals surface area contributed by atoms with Crippen LogP contribution in [0.3, 0.4) is 0 Å². The monoisotopic (exact) mass is 258 g/mol. The molecule has 0 atom stereocenters. The van der Waals surface area contributed by atoms with Crippen LogP contribution in [0.1, 0.15) is 5.56 Å². The molecule has 0 aliphatic carbocycles. The van der Waals surface area contributed by atoms with Crippen LogP contribution in [-0.4, -0.2) is 43.4 Å². The number of rotatable bonds is 7. The predicted molar refractivity (Wildman–Crippen MR) is 70.1 cm³/mol. The van der Waals surface area contributed by atoms with Gasteiger partial charge in [0.1, 0.15) is 0 Å². The van der Waals surface area contributed by atoms with Crippen LogP contribution in [0.25, 0.3) is 0 Å². The van der Waals surface area contributed by atoms with Gasteiger partial charge in [-0.25, -0.2) is 0 Å². The molecule has 0 aliphatic rings. The van der Waals surface area contributed by atoms with Crippen molar-refractivity contribution in [3.63, 3.8) is 0 Å². The lowest BCUT2D eigenvalue weighted by Crippen LogP contribution is -2.29. The summed E-state index contributed by atoms with van der Waals surface area (Å²) in [5, 5.41) is 9.65. The van der Waals surface area contributed by atoms with Crippen LogP contribution in [0, 0.1) is 0 Å². The summed E-state index contributed by atoms with van der Waals surface area (Å²) < 4.78 is 5.03. The van der Waals surface area contributed by atoms with Gasteiger partial charge in [0.25, 0.3) is 0 Å². The Hall–Kier alpha value is -0.810. The lowest BCUT2D eigenvalue weighted by molar-refractivity contribution is 0.127. The normalized spacial score (nSPS) is 11.1. The Kier molecular flexibility index (Phi) is 6.29. The van der Waals surface area contributed by atoms with Gasteiger partial charge in [-0.1, -0.05) is 17.7 Å². The Balaban J connectivity index is 2.64. The van der Waals surface area contributed by atoms with Crippen molar-refractivity contribution >= 4 is 17.3 Å². The molecule has 0 aromatic heterocycles. The first-order valence-corrected chi connectivity index (χ1v) is 5.91. The fourth-order valence-electron chi connectivity index (χ4n) is 1.56. The van der Waals surface area contributed by atoms with Gasteiger partial charge in [-0.15, -0.1) is 0 Å². The van der Waals surface area contributed by atoms with Gasteiger partial charge in [-0.2, -0.15) is 0 Å². The summed E-state index contributed by atoms with van der Waals surface area (Å²) in [6.45, 7) is 2.80. The largest absolute Gasteiger partial charge is 0.399 e. The zero-order valence-electron chi connectivity index (χ0n) is 10.0. The number of aliphatic hydroxyl groups is 1. The van der Waals surface area contributed by atoms with Crippen LogP contribution in [0.2, 0.25) is 5.02 Å². The maximum atomic E-state index is 8.99. The molecule has 0 spiro atoms. The lowest BCUT2D eigenvalue weighted by atomic mass is 10.2. The second-order valence-electron chi connectivity index (χ2n) is 3.84. The molecule has 17 heavy (non-hydrogen) atoms. The number of hydrogen-bond acceptors (Lipinski definition) is 4. The maximum Gasteiger partial charge on any atom is 0.0589 e. The first kappa shape index (κ1) is 14.3. The highest BCUT2D eigenvalue weighted by Gasteiger charge is 2.08. The molecule has 0 bridgehead atoms. The molecular formula is C12H19ClN2O2. The molecule has 0 aliphatic heterocycles. The van der Waals surface area contributed by atoms with Crippen molar-refractivity contribution in [2.24, 2.45) is 0 Å².